The molecule has 3 rings (SSSR count). The Kier molecular flexibility index (Phi) is 5.74. The lowest BCUT2D eigenvalue weighted by atomic mass is 10.1. The van der Waals surface area contributed by atoms with Crippen LogP contribution in [0.3, 0.4) is 0 Å². The molecule has 0 radical (unpaired) electrons. The number of carbonyl (C=O) groups excluding carboxylic acids is 1. The van der Waals surface area contributed by atoms with Gasteiger partial charge >= 0.3 is 0 Å². The minimum atomic E-state index is -0.0982. The molecule has 0 aliphatic rings. The molecule has 0 unspecified atom stereocenters. The van der Waals surface area contributed by atoms with E-state index >= 15 is 0 Å². The van der Waals surface area contributed by atoms with Crippen molar-refractivity contribution >= 4 is 28.1 Å². The highest BCUT2D eigenvalue weighted by atomic mass is 16.5. The van der Waals surface area contributed by atoms with E-state index in [-0.39, 0.29) is 12.5 Å². The number of ether oxygens (including phenoxy) is 1. The van der Waals surface area contributed by atoms with Crippen LogP contribution in [0.2, 0.25) is 0 Å². The van der Waals surface area contributed by atoms with Crippen LogP contribution in [0.25, 0.3) is 10.8 Å². The van der Waals surface area contributed by atoms with Crippen molar-refractivity contribution in [3.05, 3.63) is 66.7 Å². The van der Waals surface area contributed by atoms with Gasteiger partial charge in [0.15, 0.2) is 0 Å². The van der Waals surface area contributed by atoms with E-state index in [2.05, 4.69) is 36.6 Å². The van der Waals surface area contributed by atoms with Crippen LogP contribution in [0.1, 0.15) is 13.8 Å². The van der Waals surface area contributed by atoms with Gasteiger partial charge in [0.1, 0.15) is 5.75 Å². The van der Waals surface area contributed by atoms with E-state index in [0.717, 1.165) is 27.9 Å². The van der Waals surface area contributed by atoms with Crippen molar-refractivity contribution in [1.82, 2.24) is 0 Å². The van der Waals surface area contributed by atoms with Crippen molar-refractivity contribution in [3.8, 4) is 5.75 Å². The van der Waals surface area contributed by atoms with Gasteiger partial charge in [0.05, 0.1) is 13.2 Å². The van der Waals surface area contributed by atoms with Crippen molar-refractivity contribution in [3.63, 3.8) is 0 Å². The standard InChI is InChI=1S/C22H24N2O2/c1-16(2)15-26-19-10-6-9-18(13-19)24-22(25)14-23-21-12-5-8-17-7-3-4-11-20(17)21/h3-13,16,23H,14-15H2,1-2H3,(H,24,25). The van der Waals surface area contributed by atoms with Gasteiger partial charge in [0.2, 0.25) is 5.91 Å². The summed E-state index contributed by atoms with van der Waals surface area (Å²) >= 11 is 0. The monoisotopic (exact) mass is 348 g/mol. The molecule has 134 valence electrons. The van der Waals surface area contributed by atoms with Gasteiger partial charge < -0.3 is 15.4 Å². The molecule has 0 aliphatic heterocycles. The normalized spacial score (nSPS) is 10.7. The van der Waals surface area contributed by atoms with E-state index in [0.29, 0.717) is 12.5 Å². The van der Waals surface area contributed by atoms with E-state index in [1.807, 2.05) is 54.6 Å². The second kappa shape index (κ2) is 8.39. The Morgan fingerprint density at radius 3 is 2.62 bits per heavy atom. The maximum atomic E-state index is 12.3. The summed E-state index contributed by atoms with van der Waals surface area (Å²) in [4.78, 5) is 12.3. The molecule has 0 bridgehead atoms. The van der Waals surface area contributed by atoms with Gasteiger partial charge in [-0.05, 0) is 29.5 Å². The summed E-state index contributed by atoms with van der Waals surface area (Å²) < 4.78 is 5.70. The van der Waals surface area contributed by atoms with E-state index in [4.69, 9.17) is 4.74 Å². The molecule has 0 spiro atoms. The van der Waals surface area contributed by atoms with Crippen molar-refractivity contribution in [1.29, 1.82) is 0 Å². The smallest absolute Gasteiger partial charge is 0.243 e. The minimum absolute atomic E-state index is 0.0982. The molecule has 0 saturated carbocycles. The lowest BCUT2D eigenvalue weighted by Crippen LogP contribution is -2.21. The zero-order valence-corrected chi connectivity index (χ0v) is 15.2. The van der Waals surface area contributed by atoms with Crippen molar-refractivity contribution in [2.45, 2.75) is 13.8 Å². The molecule has 0 aromatic heterocycles. The summed E-state index contributed by atoms with van der Waals surface area (Å²) in [7, 11) is 0. The second-order valence-corrected chi connectivity index (χ2v) is 6.66. The van der Waals surface area contributed by atoms with E-state index < -0.39 is 0 Å². The zero-order valence-electron chi connectivity index (χ0n) is 15.2. The van der Waals surface area contributed by atoms with Crippen LogP contribution < -0.4 is 15.4 Å². The number of carbonyl (C=O) groups is 1. The maximum absolute atomic E-state index is 12.3. The molecule has 0 fully saturated rings. The summed E-state index contributed by atoms with van der Waals surface area (Å²) in [6, 6.07) is 21.6. The second-order valence-electron chi connectivity index (χ2n) is 6.66. The van der Waals surface area contributed by atoms with Crippen LogP contribution in [0.5, 0.6) is 5.75 Å². The number of hydrogen-bond donors (Lipinski definition) is 2. The summed E-state index contributed by atoms with van der Waals surface area (Å²) in [6.45, 7) is 5.06. The SMILES string of the molecule is CC(C)COc1cccc(NC(=O)CNc2cccc3ccccc23)c1. The van der Waals surface area contributed by atoms with Gasteiger partial charge in [-0.15, -0.1) is 0 Å². The first-order valence-electron chi connectivity index (χ1n) is 8.86. The van der Waals surface area contributed by atoms with E-state index in [9.17, 15) is 4.79 Å². The predicted molar refractivity (Wildman–Crippen MR) is 108 cm³/mol. The number of nitrogens with one attached hydrogen (secondary N) is 2. The number of hydrogen-bond acceptors (Lipinski definition) is 3. The lowest BCUT2D eigenvalue weighted by molar-refractivity contribution is -0.114. The van der Waals surface area contributed by atoms with Crippen LogP contribution in [0, 0.1) is 5.92 Å². The Morgan fingerprint density at radius 2 is 1.77 bits per heavy atom. The molecular weight excluding hydrogens is 324 g/mol. The summed E-state index contributed by atoms with van der Waals surface area (Å²) in [5, 5.41) is 8.38. The third-order valence-electron chi connectivity index (χ3n) is 3.93. The molecule has 0 saturated heterocycles. The number of anilines is 2. The van der Waals surface area contributed by atoms with Gasteiger partial charge in [0.25, 0.3) is 0 Å². The molecule has 0 heterocycles. The van der Waals surface area contributed by atoms with Crippen molar-refractivity contribution in [2.24, 2.45) is 5.92 Å². The Morgan fingerprint density at radius 1 is 1.00 bits per heavy atom. The average Bonchev–Trinajstić information content (AvgIpc) is 2.65. The van der Waals surface area contributed by atoms with Gasteiger partial charge in [-0.2, -0.15) is 0 Å². The van der Waals surface area contributed by atoms with Gasteiger partial charge in [-0.25, -0.2) is 0 Å². The highest BCUT2D eigenvalue weighted by Gasteiger charge is 2.06. The fourth-order valence-corrected chi connectivity index (χ4v) is 2.69. The molecule has 3 aromatic carbocycles. The summed E-state index contributed by atoms with van der Waals surface area (Å²) in [5.74, 6) is 1.12. The van der Waals surface area contributed by atoms with Crippen molar-refractivity contribution < 1.29 is 9.53 Å². The van der Waals surface area contributed by atoms with Crippen LogP contribution in [-0.2, 0) is 4.79 Å². The molecular formula is C22H24N2O2. The van der Waals surface area contributed by atoms with Crippen molar-refractivity contribution in [2.75, 3.05) is 23.8 Å². The molecule has 1 amide bonds. The number of benzene rings is 3. The molecule has 2 N–H and O–H groups in total. The summed E-state index contributed by atoms with van der Waals surface area (Å²) in [5.41, 5.74) is 1.68. The molecule has 26 heavy (non-hydrogen) atoms. The zero-order chi connectivity index (χ0) is 18.4. The van der Waals surface area contributed by atoms with Crippen LogP contribution in [0.15, 0.2) is 66.7 Å². The fraction of sp³-hybridized carbons (Fsp3) is 0.227. The third-order valence-corrected chi connectivity index (χ3v) is 3.93. The average molecular weight is 348 g/mol. The van der Waals surface area contributed by atoms with E-state index in [1.165, 1.54) is 0 Å². The van der Waals surface area contributed by atoms with Crippen LogP contribution in [0.4, 0.5) is 11.4 Å². The Labute approximate surface area is 154 Å². The topological polar surface area (TPSA) is 50.4 Å². The highest BCUT2D eigenvalue weighted by molar-refractivity contribution is 5.98. The lowest BCUT2D eigenvalue weighted by Gasteiger charge is -2.12. The molecule has 0 atom stereocenters. The van der Waals surface area contributed by atoms with Crippen LogP contribution >= 0.6 is 0 Å². The highest BCUT2D eigenvalue weighted by Crippen LogP contribution is 2.23. The van der Waals surface area contributed by atoms with Gasteiger partial charge in [-0.1, -0.05) is 56.3 Å². The number of rotatable bonds is 7. The number of fused-ring (bicyclic) bond motifs is 1. The maximum Gasteiger partial charge on any atom is 0.243 e. The predicted octanol–water partition coefficient (Wildman–Crippen LogP) is 4.93. The Balaban J connectivity index is 1.60. The Bertz CT molecular complexity index is 885. The first-order valence-corrected chi connectivity index (χ1v) is 8.86. The first-order chi connectivity index (χ1) is 12.6. The fourth-order valence-electron chi connectivity index (χ4n) is 2.69. The van der Waals surface area contributed by atoms with Crippen LogP contribution in [-0.4, -0.2) is 19.1 Å². The molecule has 4 heteroatoms. The van der Waals surface area contributed by atoms with Gasteiger partial charge in [-0.3, -0.25) is 4.79 Å². The molecule has 0 aliphatic carbocycles. The molecule has 3 aromatic rings. The van der Waals surface area contributed by atoms with E-state index in [1.54, 1.807) is 0 Å². The molecule has 4 nitrogen and oxygen atoms in total. The third kappa shape index (κ3) is 4.76. The summed E-state index contributed by atoms with van der Waals surface area (Å²) in [6.07, 6.45) is 0. The minimum Gasteiger partial charge on any atom is -0.493 e. The Hall–Kier alpha value is -3.01. The largest absolute Gasteiger partial charge is 0.493 e. The van der Waals surface area contributed by atoms with Gasteiger partial charge in [0, 0.05) is 22.8 Å². The first kappa shape index (κ1) is 17.8. The number of amides is 1. The quantitative estimate of drug-likeness (QED) is 0.637.